The zero-order chi connectivity index (χ0) is 29.4. The van der Waals surface area contributed by atoms with E-state index < -0.39 is 24.2 Å². The van der Waals surface area contributed by atoms with Gasteiger partial charge in [-0.2, -0.15) is 0 Å². The van der Waals surface area contributed by atoms with Gasteiger partial charge in [0.2, 0.25) is 17.7 Å². The smallest absolute Gasteiger partial charge is 0.246 e. The van der Waals surface area contributed by atoms with Crippen LogP contribution in [0.5, 0.6) is 0 Å². The molecular weight excluding hydrogens is 516 g/mol. The summed E-state index contributed by atoms with van der Waals surface area (Å²) in [6.45, 7) is 3.71. The molecule has 1 saturated heterocycles. The molecule has 4 atom stereocenters. The van der Waals surface area contributed by atoms with E-state index in [9.17, 15) is 19.2 Å². The molecule has 0 bridgehead atoms. The molecule has 3 N–H and O–H groups in total. The molecule has 8 heteroatoms. The number of likely N-dealkylation sites (tertiary alicyclic amines) is 1. The number of carbonyl (C=O) groups is 4. The maximum atomic E-state index is 14.0. The summed E-state index contributed by atoms with van der Waals surface area (Å²) >= 11 is 0. The van der Waals surface area contributed by atoms with Crippen molar-refractivity contribution in [2.24, 2.45) is 5.92 Å². The second kappa shape index (κ2) is 14.4. The van der Waals surface area contributed by atoms with Gasteiger partial charge in [0, 0.05) is 12.5 Å². The molecule has 2 aromatic carbocycles. The zero-order valence-corrected chi connectivity index (χ0v) is 24.5. The maximum Gasteiger partial charge on any atom is 0.246 e. The van der Waals surface area contributed by atoms with Crippen molar-refractivity contribution in [2.75, 3.05) is 13.6 Å². The summed E-state index contributed by atoms with van der Waals surface area (Å²) in [5.74, 6) is -1.23. The predicted molar refractivity (Wildman–Crippen MR) is 159 cm³/mol. The van der Waals surface area contributed by atoms with E-state index in [1.165, 1.54) is 6.92 Å². The van der Waals surface area contributed by atoms with Gasteiger partial charge in [0.1, 0.15) is 12.1 Å². The highest BCUT2D eigenvalue weighted by Gasteiger charge is 2.42. The number of ketones is 1. The second-order valence-corrected chi connectivity index (χ2v) is 11.5. The molecular formula is C33H44N4O4. The molecule has 0 spiro atoms. The molecule has 41 heavy (non-hydrogen) atoms. The lowest BCUT2D eigenvalue weighted by Crippen LogP contribution is -2.59. The molecule has 8 nitrogen and oxygen atoms in total. The van der Waals surface area contributed by atoms with Crippen LogP contribution in [0.15, 0.2) is 60.7 Å². The van der Waals surface area contributed by atoms with E-state index in [2.05, 4.69) is 16.0 Å². The monoisotopic (exact) mass is 560 g/mol. The Kier molecular flexibility index (Phi) is 10.7. The highest BCUT2D eigenvalue weighted by atomic mass is 16.2. The third-order valence-electron chi connectivity index (χ3n) is 8.74. The average molecular weight is 561 g/mol. The van der Waals surface area contributed by atoms with Crippen molar-refractivity contribution in [3.8, 4) is 0 Å². The molecule has 2 aromatic rings. The van der Waals surface area contributed by atoms with Gasteiger partial charge in [0.25, 0.3) is 0 Å². The lowest BCUT2D eigenvalue weighted by atomic mass is 9.83. The maximum absolute atomic E-state index is 14.0. The predicted octanol–water partition coefficient (Wildman–Crippen LogP) is 3.56. The Hall–Kier alpha value is -3.52. The number of Topliss-reactive ketones (excluding diaryl/α,β-unsaturated/α-hetero) is 1. The van der Waals surface area contributed by atoms with Crippen molar-refractivity contribution in [1.82, 2.24) is 20.9 Å². The first-order valence-corrected chi connectivity index (χ1v) is 15.0. The molecule has 3 amide bonds. The number of hydrogen-bond donors (Lipinski definition) is 3. The molecule has 220 valence electrons. The van der Waals surface area contributed by atoms with Gasteiger partial charge in [0.05, 0.1) is 12.1 Å². The molecule has 0 aromatic heterocycles. The largest absolute Gasteiger partial charge is 0.344 e. The number of amides is 3. The van der Waals surface area contributed by atoms with E-state index in [1.807, 2.05) is 60.7 Å². The van der Waals surface area contributed by atoms with Crippen molar-refractivity contribution in [3.63, 3.8) is 0 Å². The normalized spacial score (nSPS) is 19.8. The minimum atomic E-state index is -0.796. The van der Waals surface area contributed by atoms with Crippen molar-refractivity contribution in [2.45, 2.75) is 88.9 Å². The van der Waals surface area contributed by atoms with Gasteiger partial charge >= 0.3 is 0 Å². The van der Waals surface area contributed by atoms with Gasteiger partial charge in [-0.3, -0.25) is 19.2 Å². The lowest BCUT2D eigenvalue weighted by Gasteiger charge is -2.35. The zero-order valence-electron chi connectivity index (χ0n) is 24.5. The number of carbonyl (C=O) groups excluding carboxylic acids is 4. The summed E-state index contributed by atoms with van der Waals surface area (Å²) < 4.78 is 0. The van der Waals surface area contributed by atoms with Crippen molar-refractivity contribution < 1.29 is 19.2 Å². The number of hydrogen-bond acceptors (Lipinski definition) is 5. The molecule has 2 aliphatic rings. The SMILES string of the molecule is CN[C@@H](C)C(=O)N[C@H](C(=O)N1CCC[C@H]1C(=O)N[C@H](C(C)=O)C(c1ccccc1)c1ccccc1)C1CCCCC1. The van der Waals surface area contributed by atoms with E-state index in [1.54, 1.807) is 18.9 Å². The fourth-order valence-electron chi connectivity index (χ4n) is 6.31. The molecule has 1 aliphatic heterocycles. The van der Waals surface area contributed by atoms with Crippen LogP contribution in [0.3, 0.4) is 0 Å². The quantitative estimate of drug-likeness (QED) is 0.390. The van der Waals surface area contributed by atoms with Gasteiger partial charge in [-0.15, -0.1) is 0 Å². The van der Waals surface area contributed by atoms with Crippen molar-refractivity contribution >= 4 is 23.5 Å². The fourth-order valence-corrected chi connectivity index (χ4v) is 6.31. The average Bonchev–Trinajstić information content (AvgIpc) is 3.50. The topological polar surface area (TPSA) is 108 Å². The Morgan fingerprint density at radius 3 is 1.93 bits per heavy atom. The summed E-state index contributed by atoms with van der Waals surface area (Å²) in [5, 5.41) is 9.01. The van der Waals surface area contributed by atoms with Crippen LogP contribution < -0.4 is 16.0 Å². The summed E-state index contributed by atoms with van der Waals surface area (Å²) in [5.41, 5.74) is 1.86. The third kappa shape index (κ3) is 7.41. The minimum Gasteiger partial charge on any atom is -0.344 e. The molecule has 1 heterocycles. The highest BCUT2D eigenvalue weighted by molar-refractivity contribution is 5.95. The van der Waals surface area contributed by atoms with Crippen LogP contribution in [0, 0.1) is 5.92 Å². The van der Waals surface area contributed by atoms with Crippen LogP contribution >= 0.6 is 0 Å². The second-order valence-electron chi connectivity index (χ2n) is 11.5. The van der Waals surface area contributed by atoms with E-state index in [-0.39, 0.29) is 35.3 Å². The standard InChI is InChI=1S/C33H44N4O4/c1-22(34-3)31(39)36-30(26-18-11-6-12-19-26)33(41)37-21-13-20-27(37)32(40)35-29(23(2)38)28(24-14-7-4-8-15-24)25-16-9-5-10-17-25/h4-5,7-10,14-17,22,26-30,34H,6,11-13,18-21H2,1-3H3,(H,35,40)(H,36,39)/t22-,27-,29+,30-/m0/s1. The van der Waals surface area contributed by atoms with Gasteiger partial charge in [-0.25, -0.2) is 0 Å². The van der Waals surface area contributed by atoms with Gasteiger partial charge in [-0.05, 0) is 63.6 Å². The fraction of sp³-hybridized carbons (Fsp3) is 0.515. The van der Waals surface area contributed by atoms with Crippen LogP contribution in [-0.2, 0) is 19.2 Å². The van der Waals surface area contributed by atoms with Crippen LogP contribution in [-0.4, -0.2) is 66.2 Å². The van der Waals surface area contributed by atoms with Crippen LogP contribution in [0.1, 0.15) is 75.8 Å². The first-order valence-electron chi connectivity index (χ1n) is 15.0. The van der Waals surface area contributed by atoms with E-state index in [4.69, 9.17) is 0 Å². The Morgan fingerprint density at radius 2 is 1.39 bits per heavy atom. The summed E-state index contributed by atoms with van der Waals surface area (Å²) in [7, 11) is 1.71. The molecule has 0 unspecified atom stereocenters. The van der Waals surface area contributed by atoms with Crippen molar-refractivity contribution in [1.29, 1.82) is 0 Å². The molecule has 1 saturated carbocycles. The van der Waals surface area contributed by atoms with Crippen molar-refractivity contribution in [3.05, 3.63) is 71.8 Å². The number of likely N-dealkylation sites (N-methyl/N-ethyl adjacent to an activating group) is 1. The van der Waals surface area contributed by atoms with E-state index in [0.717, 1.165) is 43.2 Å². The number of benzene rings is 2. The lowest BCUT2D eigenvalue weighted by molar-refractivity contribution is -0.143. The van der Waals surface area contributed by atoms with Crippen LogP contribution in [0.4, 0.5) is 0 Å². The number of rotatable bonds is 11. The number of nitrogens with zero attached hydrogens (tertiary/aromatic N) is 1. The van der Waals surface area contributed by atoms with Gasteiger partial charge in [-0.1, -0.05) is 79.9 Å². The third-order valence-corrected chi connectivity index (χ3v) is 8.74. The van der Waals surface area contributed by atoms with Crippen LogP contribution in [0.25, 0.3) is 0 Å². The van der Waals surface area contributed by atoms with Crippen LogP contribution in [0.2, 0.25) is 0 Å². The van der Waals surface area contributed by atoms with E-state index in [0.29, 0.717) is 19.4 Å². The Bertz CT molecular complexity index is 1140. The molecule has 2 fully saturated rings. The van der Waals surface area contributed by atoms with E-state index >= 15 is 0 Å². The summed E-state index contributed by atoms with van der Waals surface area (Å²) in [6.07, 6.45) is 6.13. The first-order chi connectivity index (χ1) is 19.8. The highest BCUT2D eigenvalue weighted by Crippen LogP contribution is 2.31. The Morgan fingerprint density at radius 1 is 0.805 bits per heavy atom. The minimum absolute atomic E-state index is 0.0408. The molecule has 4 rings (SSSR count). The Labute approximate surface area is 243 Å². The summed E-state index contributed by atoms with van der Waals surface area (Å²) in [6, 6.07) is 16.8. The van der Waals surface area contributed by atoms with Gasteiger partial charge in [0.15, 0.2) is 5.78 Å². The van der Waals surface area contributed by atoms with Gasteiger partial charge < -0.3 is 20.9 Å². The molecule has 0 radical (unpaired) electrons. The summed E-state index contributed by atoms with van der Waals surface area (Å²) in [4.78, 5) is 55.5. The number of nitrogens with one attached hydrogen (secondary N) is 3. The molecule has 1 aliphatic carbocycles. The Balaban J connectivity index is 1.57. The first kappa shape index (κ1) is 30.4.